The molecule has 2 aromatic carbocycles. The van der Waals surface area contributed by atoms with Crippen molar-refractivity contribution in [1.82, 2.24) is 10.1 Å². The van der Waals surface area contributed by atoms with Crippen LogP contribution in [0.1, 0.15) is 32.4 Å². The molecule has 0 bridgehead atoms. The molecular weight excluding hydrogens is 407 g/mol. The molecule has 0 saturated carbocycles. The van der Waals surface area contributed by atoms with Crippen molar-refractivity contribution in [2.75, 3.05) is 6.61 Å². The molecule has 7 nitrogen and oxygen atoms in total. The van der Waals surface area contributed by atoms with Crippen molar-refractivity contribution >= 4 is 35.0 Å². The van der Waals surface area contributed by atoms with Crippen LogP contribution in [0.3, 0.4) is 0 Å². The monoisotopic (exact) mass is 420 g/mol. The number of esters is 1. The summed E-state index contributed by atoms with van der Waals surface area (Å²) >= 11 is 11.7. The molecule has 0 amide bonds. The molecule has 0 aliphatic carbocycles. The van der Waals surface area contributed by atoms with E-state index in [1.165, 1.54) is 30.3 Å². The van der Waals surface area contributed by atoms with Crippen molar-refractivity contribution in [1.29, 1.82) is 0 Å². The summed E-state index contributed by atoms with van der Waals surface area (Å²) in [6, 6.07) is 10.7. The lowest BCUT2D eigenvalue weighted by Crippen LogP contribution is -2.14. The van der Waals surface area contributed by atoms with Crippen LogP contribution in [-0.4, -0.2) is 28.5 Å². The Morgan fingerprint density at radius 1 is 1.04 bits per heavy atom. The second kappa shape index (κ2) is 8.86. The molecular formula is C19H14Cl2N2O5. The molecule has 0 N–H and O–H groups in total. The molecule has 0 spiro atoms. The summed E-state index contributed by atoms with van der Waals surface area (Å²) in [6.07, 6.45) is 0. The van der Waals surface area contributed by atoms with E-state index < -0.39 is 12.6 Å². The summed E-state index contributed by atoms with van der Waals surface area (Å²) in [5.74, 6) is 0.371. The molecule has 9 heteroatoms. The SMILES string of the molecule is Cc1nc(COc2ccc(C(=O)OCC(=O)c3ccc(Cl)c(Cl)c3)cc2)no1. The maximum absolute atomic E-state index is 12.1. The van der Waals surface area contributed by atoms with Crippen LogP contribution in [0, 0.1) is 6.92 Å². The minimum absolute atomic E-state index is 0.138. The molecule has 0 aliphatic rings. The van der Waals surface area contributed by atoms with Gasteiger partial charge in [0.1, 0.15) is 5.75 Å². The molecule has 0 aliphatic heterocycles. The largest absolute Gasteiger partial charge is 0.485 e. The quantitative estimate of drug-likeness (QED) is 0.415. The highest BCUT2D eigenvalue weighted by molar-refractivity contribution is 6.42. The number of rotatable bonds is 7. The Kier molecular flexibility index (Phi) is 6.28. The summed E-state index contributed by atoms with van der Waals surface area (Å²) in [7, 11) is 0. The van der Waals surface area contributed by atoms with E-state index in [-0.39, 0.29) is 23.0 Å². The van der Waals surface area contributed by atoms with Crippen LogP contribution in [-0.2, 0) is 11.3 Å². The van der Waals surface area contributed by atoms with E-state index in [0.717, 1.165) is 0 Å². The number of aryl methyl sites for hydroxylation is 1. The smallest absolute Gasteiger partial charge is 0.338 e. The number of carbonyl (C=O) groups excluding carboxylic acids is 2. The molecule has 1 aromatic heterocycles. The maximum atomic E-state index is 12.1. The van der Waals surface area contributed by atoms with E-state index in [2.05, 4.69) is 10.1 Å². The lowest BCUT2D eigenvalue weighted by molar-refractivity contribution is 0.0474. The number of hydrogen-bond acceptors (Lipinski definition) is 7. The van der Waals surface area contributed by atoms with Crippen molar-refractivity contribution in [2.24, 2.45) is 0 Å². The van der Waals surface area contributed by atoms with E-state index in [1.54, 1.807) is 19.1 Å². The van der Waals surface area contributed by atoms with Gasteiger partial charge in [-0.2, -0.15) is 4.98 Å². The summed E-state index contributed by atoms with van der Waals surface area (Å²) in [5, 5.41) is 4.31. The van der Waals surface area contributed by atoms with E-state index in [0.29, 0.717) is 28.1 Å². The number of ether oxygens (including phenoxy) is 2. The molecule has 144 valence electrons. The van der Waals surface area contributed by atoms with Gasteiger partial charge in [0.25, 0.3) is 0 Å². The first-order chi connectivity index (χ1) is 13.4. The zero-order valence-corrected chi connectivity index (χ0v) is 16.2. The molecule has 0 saturated heterocycles. The van der Waals surface area contributed by atoms with Crippen LogP contribution in [0.15, 0.2) is 47.0 Å². The van der Waals surface area contributed by atoms with Crippen molar-refractivity contribution in [3.05, 3.63) is 75.4 Å². The van der Waals surface area contributed by atoms with E-state index in [9.17, 15) is 9.59 Å². The lowest BCUT2D eigenvalue weighted by Gasteiger charge is -2.07. The van der Waals surface area contributed by atoms with Gasteiger partial charge in [-0.1, -0.05) is 28.4 Å². The number of aromatic nitrogens is 2. The van der Waals surface area contributed by atoms with Gasteiger partial charge in [-0.3, -0.25) is 4.79 Å². The Labute approximate surface area is 170 Å². The fourth-order valence-corrected chi connectivity index (χ4v) is 2.50. The van der Waals surface area contributed by atoms with Gasteiger partial charge in [0.05, 0.1) is 15.6 Å². The molecule has 0 fully saturated rings. The third-order valence-electron chi connectivity index (χ3n) is 3.60. The van der Waals surface area contributed by atoms with Crippen molar-refractivity contribution < 1.29 is 23.6 Å². The highest BCUT2D eigenvalue weighted by Crippen LogP contribution is 2.23. The van der Waals surface area contributed by atoms with E-state index >= 15 is 0 Å². The van der Waals surface area contributed by atoms with E-state index in [1.807, 2.05) is 0 Å². The Hall–Kier alpha value is -2.90. The third kappa shape index (κ3) is 5.09. The maximum Gasteiger partial charge on any atom is 0.338 e. The Morgan fingerprint density at radius 3 is 2.39 bits per heavy atom. The second-order valence-electron chi connectivity index (χ2n) is 5.67. The topological polar surface area (TPSA) is 91.5 Å². The van der Waals surface area contributed by atoms with Crippen LogP contribution >= 0.6 is 23.2 Å². The number of Topliss-reactive ketones (excluding diaryl/α,β-unsaturated/α-hetero) is 1. The Morgan fingerprint density at radius 2 is 1.75 bits per heavy atom. The van der Waals surface area contributed by atoms with Crippen LogP contribution in [0.25, 0.3) is 0 Å². The Bertz CT molecular complexity index is 1000. The molecule has 1 heterocycles. The number of halogens is 2. The first-order valence-electron chi connectivity index (χ1n) is 8.10. The van der Waals surface area contributed by atoms with Crippen molar-refractivity contribution in [3.8, 4) is 5.75 Å². The number of nitrogens with zero attached hydrogens (tertiary/aromatic N) is 2. The summed E-state index contributed by atoms with van der Waals surface area (Å²) < 4.78 is 15.4. The minimum atomic E-state index is -0.631. The normalized spacial score (nSPS) is 10.5. The van der Waals surface area contributed by atoms with Gasteiger partial charge < -0.3 is 14.0 Å². The highest BCUT2D eigenvalue weighted by atomic mass is 35.5. The summed E-state index contributed by atoms with van der Waals surface area (Å²) in [6.45, 7) is 1.41. The zero-order chi connectivity index (χ0) is 20.1. The van der Waals surface area contributed by atoms with Gasteiger partial charge in [0, 0.05) is 12.5 Å². The number of benzene rings is 2. The average Bonchev–Trinajstić information content (AvgIpc) is 3.12. The average molecular weight is 421 g/mol. The molecule has 0 atom stereocenters. The zero-order valence-electron chi connectivity index (χ0n) is 14.6. The first kappa shape index (κ1) is 19.9. The molecule has 0 unspecified atom stereocenters. The molecule has 0 radical (unpaired) electrons. The fraction of sp³-hybridized carbons (Fsp3) is 0.158. The first-order valence-corrected chi connectivity index (χ1v) is 8.85. The number of ketones is 1. The van der Waals surface area contributed by atoms with Crippen LogP contribution in [0.2, 0.25) is 10.0 Å². The van der Waals surface area contributed by atoms with Gasteiger partial charge in [0.2, 0.25) is 11.7 Å². The predicted octanol–water partition coefficient (Wildman–Crippen LogP) is 4.30. The summed E-state index contributed by atoms with van der Waals surface area (Å²) in [4.78, 5) is 28.2. The van der Waals surface area contributed by atoms with Gasteiger partial charge in [0.15, 0.2) is 19.0 Å². The third-order valence-corrected chi connectivity index (χ3v) is 4.34. The number of carbonyl (C=O) groups is 2. The standard InChI is InChI=1S/C19H14Cl2N2O5/c1-11-22-18(23-28-11)10-26-14-5-2-12(3-6-14)19(25)27-9-17(24)13-4-7-15(20)16(21)8-13/h2-8H,9-10H2,1H3. The van der Waals surface area contributed by atoms with Gasteiger partial charge >= 0.3 is 5.97 Å². The molecule has 3 rings (SSSR count). The second-order valence-corrected chi connectivity index (χ2v) is 6.49. The van der Waals surface area contributed by atoms with Crippen LogP contribution in [0.4, 0.5) is 0 Å². The van der Waals surface area contributed by atoms with Crippen LogP contribution < -0.4 is 4.74 Å². The van der Waals surface area contributed by atoms with Gasteiger partial charge in [-0.15, -0.1) is 0 Å². The van der Waals surface area contributed by atoms with Gasteiger partial charge in [-0.25, -0.2) is 4.79 Å². The predicted molar refractivity (Wildman–Crippen MR) is 101 cm³/mol. The minimum Gasteiger partial charge on any atom is -0.485 e. The van der Waals surface area contributed by atoms with E-state index in [4.69, 9.17) is 37.2 Å². The molecule has 3 aromatic rings. The van der Waals surface area contributed by atoms with Crippen molar-refractivity contribution in [3.63, 3.8) is 0 Å². The van der Waals surface area contributed by atoms with Crippen LogP contribution in [0.5, 0.6) is 5.75 Å². The Balaban J connectivity index is 1.52. The van der Waals surface area contributed by atoms with Gasteiger partial charge in [-0.05, 0) is 42.5 Å². The summed E-state index contributed by atoms with van der Waals surface area (Å²) in [5.41, 5.74) is 0.590. The lowest BCUT2D eigenvalue weighted by atomic mass is 10.1. The van der Waals surface area contributed by atoms with Crippen molar-refractivity contribution in [2.45, 2.75) is 13.5 Å². The molecule has 28 heavy (non-hydrogen) atoms. The highest BCUT2D eigenvalue weighted by Gasteiger charge is 2.13. The number of hydrogen-bond donors (Lipinski definition) is 0. The fourth-order valence-electron chi connectivity index (χ4n) is 2.20.